The summed E-state index contributed by atoms with van der Waals surface area (Å²) in [4.78, 5) is 19.6. The number of carbonyl (C=O) groups is 1. The van der Waals surface area contributed by atoms with Crippen LogP contribution in [0.2, 0.25) is 0 Å². The van der Waals surface area contributed by atoms with Gasteiger partial charge in [0.05, 0.1) is 0 Å². The van der Waals surface area contributed by atoms with E-state index in [9.17, 15) is 4.79 Å². The topological polar surface area (TPSA) is 66.0 Å². The Morgan fingerprint density at radius 1 is 1.23 bits per heavy atom. The van der Waals surface area contributed by atoms with Crippen molar-refractivity contribution in [2.24, 2.45) is 4.99 Å². The minimum Gasteiger partial charge on any atom is -0.484 e. The van der Waals surface area contributed by atoms with E-state index < -0.39 is 0 Å². The normalized spacial score (nSPS) is 13.3. The average molecular weight is 542 g/mol. The Labute approximate surface area is 200 Å². The molecule has 0 spiro atoms. The summed E-state index contributed by atoms with van der Waals surface area (Å²) >= 11 is 1.79. The van der Waals surface area contributed by atoms with Crippen molar-refractivity contribution in [1.82, 2.24) is 15.5 Å². The molecule has 3 rings (SSSR count). The number of carbonyl (C=O) groups excluding carboxylic acids is 1. The number of nitrogens with one attached hydrogen (secondary N) is 2. The Bertz CT molecular complexity index is 792. The number of benzene rings is 1. The molecule has 0 saturated heterocycles. The molecule has 1 saturated carbocycles. The summed E-state index contributed by atoms with van der Waals surface area (Å²) in [6, 6.07) is 12.5. The van der Waals surface area contributed by atoms with Crippen molar-refractivity contribution >= 4 is 47.2 Å². The monoisotopic (exact) mass is 542 g/mol. The van der Waals surface area contributed by atoms with E-state index in [-0.39, 0.29) is 36.5 Å². The zero-order chi connectivity index (χ0) is 20.5. The van der Waals surface area contributed by atoms with Crippen LogP contribution in [0, 0.1) is 0 Å². The second-order valence-electron chi connectivity index (χ2n) is 7.25. The third-order valence-electron chi connectivity index (χ3n) is 4.78. The van der Waals surface area contributed by atoms with Gasteiger partial charge in [-0.1, -0.05) is 18.2 Å². The van der Waals surface area contributed by atoms with Crippen LogP contribution in [-0.2, 0) is 17.6 Å². The van der Waals surface area contributed by atoms with Gasteiger partial charge < -0.3 is 20.3 Å². The first kappa shape index (κ1) is 24.5. The molecule has 8 heteroatoms. The molecule has 0 bridgehead atoms. The van der Waals surface area contributed by atoms with Crippen molar-refractivity contribution < 1.29 is 9.53 Å². The fraction of sp³-hybridized carbons (Fsp3) is 0.455. The van der Waals surface area contributed by atoms with Crippen LogP contribution < -0.4 is 15.4 Å². The fourth-order valence-electron chi connectivity index (χ4n) is 2.94. The van der Waals surface area contributed by atoms with Crippen molar-refractivity contribution in [3.8, 4) is 5.75 Å². The zero-order valence-corrected chi connectivity index (χ0v) is 20.7. The van der Waals surface area contributed by atoms with Gasteiger partial charge in [0.25, 0.3) is 5.91 Å². The zero-order valence-electron chi connectivity index (χ0n) is 17.6. The van der Waals surface area contributed by atoms with Crippen LogP contribution in [-0.4, -0.2) is 56.6 Å². The first-order valence-electron chi connectivity index (χ1n) is 10.1. The Kier molecular flexibility index (Phi) is 10.4. The highest BCUT2D eigenvalue weighted by Gasteiger charge is 2.23. The number of hydrogen-bond donors (Lipinski definition) is 2. The number of nitrogens with zero attached hydrogens (tertiary/aromatic N) is 2. The maximum atomic E-state index is 11.7. The minimum atomic E-state index is -0.0460. The molecule has 1 aliphatic carbocycles. The van der Waals surface area contributed by atoms with Gasteiger partial charge in [0, 0.05) is 38.1 Å². The molecule has 1 aliphatic rings. The first-order valence-corrected chi connectivity index (χ1v) is 11.0. The molecule has 0 radical (unpaired) electrons. The van der Waals surface area contributed by atoms with Gasteiger partial charge >= 0.3 is 0 Å². The smallest absolute Gasteiger partial charge is 0.258 e. The molecule has 0 aliphatic heterocycles. The SMILES string of the molecule is CN=C(NCCc1ccc(OCC(=O)NC2CC2)cc1)N(C)CCc1cccs1.I. The summed E-state index contributed by atoms with van der Waals surface area (Å²) in [6.07, 6.45) is 4.09. The van der Waals surface area contributed by atoms with E-state index in [1.54, 1.807) is 11.3 Å². The summed E-state index contributed by atoms with van der Waals surface area (Å²) < 4.78 is 5.55. The Hall–Kier alpha value is -1.81. The quantitative estimate of drug-likeness (QED) is 0.275. The molecule has 164 valence electrons. The van der Waals surface area contributed by atoms with Crippen LogP contribution in [0.4, 0.5) is 0 Å². The molecule has 2 N–H and O–H groups in total. The maximum absolute atomic E-state index is 11.7. The van der Waals surface area contributed by atoms with Gasteiger partial charge in [-0.05, 0) is 54.8 Å². The average Bonchev–Trinajstić information content (AvgIpc) is 3.38. The van der Waals surface area contributed by atoms with Crippen LogP contribution in [0.1, 0.15) is 23.3 Å². The predicted octanol–water partition coefficient (Wildman–Crippen LogP) is 3.32. The van der Waals surface area contributed by atoms with Gasteiger partial charge in [0.1, 0.15) is 5.75 Å². The second kappa shape index (κ2) is 12.8. The van der Waals surface area contributed by atoms with E-state index in [0.717, 1.165) is 50.5 Å². The van der Waals surface area contributed by atoms with Crippen LogP contribution in [0.3, 0.4) is 0 Å². The molecule has 1 amide bonds. The van der Waals surface area contributed by atoms with E-state index in [1.165, 1.54) is 10.4 Å². The van der Waals surface area contributed by atoms with Crippen LogP contribution >= 0.6 is 35.3 Å². The van der Waals surface area contributed by atoms with E-state index in [0.29, 0.717) is 6.04 Å². The number of rotatable bonds is 10. The number of likely N-dealkylation sites (N-methyl/N-ethyl adjacent to an activating group) is 1. The fourth-order valence-corrected chi connectivity index (χ4v) is 3.64. The molecule has 1 heterocycles. The Balaban J connectivity index is 0.00000320. The molecule has 0 unspecified atom stereocenters. The van der Waals surface area contributed by atoms with E-state index >= 15 is 0 Å². The summed E-state index contributed by atoms with van der Waals surface area (Å²) in [6.45, 7) is 1.81. The molecular formula is C22H31IN4O2S. The van der Waals surface area contributed by atoms with Gasteiger partial charge in [-0.25, -0.2) is 0 Å². The van der Waals surface area contributed by atoms with Gasteiger partial charge in [-0.3, -0.25) is 9.79 Å². The number of ether oxygens (including phenoxy) is 1. The lowest BCUT2D eigenvalue weighted by molar-refractivity contribution is -0.123. The number of thiophene rings is 1. The van der Waals surface area contributed by atoms with Crippen molar-refractivity contribution in [2.75, 3.05) is 33.8 Å². The summed E-state index contributed by atoms with van der Waals surface area (Å²) in [5.74, 6) is 1.58. The van der Waals surface area contributed by atoms with Crippen LogP contribution in [0.5, 0.6) is 5.75 Å². The van der Waals surface area contributed by atoms with Crippen LogP contribution in [0.15, 0.2) is 46.8 Å². The van der Waals surface area contributed by atoms with Crippen molar-refractivity contribution in [1.29, 1.82) is 0 Å². The third-order valence-corrected chi connectivity index (χ3v) is 5.72. The lowest BCUT2D eigenvalue weighted by atomic mass is 10.1. The van der Waals surface area contributed by atoms with Crippen molar-refractivity contribution in [2.45, 2.75) is 31.7 Å². The Morgan fingerprint density at radius 2 is 2.00 bits per heavy atom. The van der Waals surface area contributed by atoms with E-state index in [1.807, 2.05) is 31.3 Å². The Morgan fingerprint density at radius 3 is 2.63 bits per heavy atom. The van der Waals surface area contributed by atoms with E-state index in [4.69, 9.17) is 4.74 Å². The molecule has 6 nitrogen and oxygen atoms in total. The lowest BCUT2D eigenvalue weighted by Gasteiger charge is -2.21. The van der Waals surface area contributed by atoms with Gasteiger partial charge in [-0.2, -0.15) is 0 Å². The summed E-state index contributed by atoms with van der Waals surface area (Å²) in [5.41, 5.74) is 1.21. The van der Waals surface area contributed by atoms with Crippen molar-refractivity contribution in [3.63, 3.8) is 0 Å². The molecule has 30 heavy (non-hydrogen) atoms. The van der Waals surface area contributed by atoms with E-state index in [2.05, 4.69) is 45.1 Å². The molecule has 1 fully saturated rings. The van der Waals surface area contributed by atoms with Crippen LogP contribution in [0.25, 0.3) is 0 Å². The van der Waals surface area contributed by atoms with Gasteiger partial charge in [0.2, 0.25) is 0 Å². The van der Waals surface area contributed by atoms with Crippen molar-refractivity contribution in [3.05, 3.63) is 52.2 Å². The van der Waals surface area contributed by atoms with Gasteiger partial charge in [-0.15, -0.1) is 35.3 Å². The molecule has 0 atom stereocenters. The number of guanidine groups is 1. The standard InChI is InChI=1S/C22H30N4O2S.HI/c1-23-22(26(2)14-12-20-4-3-15-29-20)24-13-11-17-5-9-19(10-6-17)28-16-21(27)25-18-7-8-18;/h3-6,9-10,15,18H,7-8,11-14,16H2,1-2H3,(H,23,24)(H,25,27);1H. The summed E-state index contributed by atoms with van der Waals surface area (Å²) in [7, 11) is 3.88. The molecule has 1 aromatic heterocycles. The lowest BCUT2D eigenvalue weighted by Crippen LogP contribution is -2.40. The highest BCUT2D eigenvalue weighted by molar-refractivity contribution is 14.0. The second-order valence-corrected chi connectivity index (χ2v) is 8.28. The number of amides is 1. The summed E-state index contributed by atoms with van der Waals surface area (Å²) in [5, 5.41) is 8.45. The third kappa shape index (κ3) is 8.51. The largest absolute Gasteiger partial charge is 0.484 e. The highest BCUT2D eigenvalue weighted by Crippen LogP contribution is 2.18. The first-order chi connectivity index (χ1) is 14.1. The maximum Gasteiger partial charge on any atom is 0.258 e. The number of aliphatic imine (C=N–C) groups is 1. The number of hydrogen-bond acceptors (Lipinski definition) is 4. The van der Waals surface area contributed by atoms with Gasteiger partial charge in [0.15, 0.2) is 12.6 Å². The minimum absolute atomic E-state index is 0. The molecule has 1 aromatic carbocycles. The predicted molar refractivity (Wildman–Crippen MR) is 134 cm³/mol. The molecule has 2 aromatic rings. The molecular weight excluding hydrogens is 511 g/mol. The number of halogens is 1. The highest BCUT2D eigenvalue weighted by atomic mass is 127.